The topological polar surface area (TPSA) is 42.0 Å². The SMILES string of the molecule is CCc1cc(C(=O)Nc2ccc(Cl)cc2I)cc(Cl)n1. The Bertz CT molecular complexity index is 662. The quantitative estimate of drug-likeness (QED) is 0.572. The molecule has 0 unspecified atom stereocenters. The van der Waals surface area contributed by atoms with E-state index in [0.29, 0.717) is 21.4 Å². The first-order valence-corrected chi connectivity index (χ1v) is 7.76. The van der Waals surface area contributed by atoms with Crippen molar-refractivity contribution in [3.05, 3.63) is 55.3 Å². The Morgan fingerprint density at radius 2 is 2.05 bits per heavy atom. The maximum Gasteiger partial charge on any atom is 0.255 e. The van der Waals surface area contributed by atoms with Gasteiger partial charge >= 0.3 is 0 Å². The van der Waals surface area contributed by atoms with Gasteiger partial charge in [0, 0.05) is 19.9 Å². The number of carbonyl (C=O) groups excluding carboxylic acids is 1. The second-order valence-electron chi connectivity index (χ2n) is 4.10. The van der Waals surface area contributed by atoms with Crippen molar-refractivity contribution in [1.82, 2.24) is 4.98 Å². The van der Waals surface area contributed by atoms with Crippen molar-refractivity contribution >= 4 is 57.4 Å². The van der Waals surface area contributed by atoms with Crippen LogP contribution in [0.15, 0.2) is 30.3 Å². The van der Waals surface area contributed by atoms with E-state index in [1.807, 2.05) is 6.92 Å². The van der Waals surface area contributed by atoms with E-state index in [9.17, 15) is 4.79 Å². The lowest BCUT2D eigenvalue weighted by Gasteiger charge is -2.09. The standard InChI is InChI=1S/C14H11Cl2IN2O/c1-2-10-5-8(6-13(16)18-10)14(20)19-12-4-3-9(15)7-11(12)17/h3-7H,2H2,1H3,(H,19,20). The van der Waals surface area contributed by atoms with Crippen LogP contribution < -0.4 is 5.32 Å². The van der Waals surface area contributed by atoms with E-state index in [-0.39, 0.29) is 5.91 Å². The smallest absolute Gasteiger partial charge is 0.255 e. The second-order valence-corrected chi connectivity index (χ2v) is 6.09. The third kappa shape index (κ3) is 3.84. The van der Waals surface area contributed by atoms with Crippen molar-refractivity contribution in [1.29, 1.82) is 0 Å². The van der Waals surface area contributed by atoms with Crippen LogP contribution in [0.5, 0.6) is 0 Å². The van der Waals surface area contributed by atoms with E-state index in [1.54, 1.807) is 30.3 Å². The van der Waals surface area contributed by atoms with Gasteiger partial charge in [0.15, 0.2) is 0 Å². The molecule has 0 aliphatic rings. The van der Waals surface area contributed by atoms with Crippen LogP contribution in [0.25, 0.3) is 0 Å². The predicted octanol–water partition coefficient (Wildman–Crippen LogP) is 4.81. The average molecular weight is 421 g/mol. The number of nitrogens with one attached hydrogen (secondary N) is 1. The molecule has 1 heterocycles. The molecular weight excluding hydrogens is 410 g/mol. The van der Waals surface area contributed by atoms with Gasteiger partial charge in [0.25, 0.3) is 5.91 Å². The summed E-state index contributed by atoms with van der Waals surface area (Å²) >= 11 is 13.9. The molecule has 0 radical (unpaired) electrons. The van der Waals surface area contributed by atoms with Crippen molar-refractivity contribution in [3.63, 3.8) is 0 Å². The van der Waals surface area contributed by atoms with E-state index < -0.39 is 0 Å². The summed E-state index contributed by atoms with van der Waals surface area (Å²) in [6.45, 7) is 1.96. The third-order valence-electron chi connectivity index (χ3n) is 2.65. The summed E-state index contributed by atoms with van der Waals surface area (Å²) in [6.07, 6.45) is 0.722. The van der Waals surface area contributed by atoms with Crippen LogP contribution in [0.4, 0.5) is 5.69 Å². The van der Waals surface area contributed by atoms with Gasteiger partial charge in [-0.2, -0.15) is 0 Å². The maximum atomic E-state index is 12.2. The highest BCUT2D eigenvalue weighted by Crippen LogP contribution is 2.23. The number of nitrogens with zero attached hydrogens (tertiary/aromatic N) is 1. The van der Waals surface area contributed by atoms with Gasteiger partial charge in [-0.15, -0.1) is 0 Å². The number of pyridine rings is 1. The molecule has 1 N–H and O–H groups in total. The van der Waals surface area contributed by atoms with Crippen LogP contribution in [0, 0.1) is 3.57 Å². The highest BCUT2D eigenvalue weighted by molar-refractivity contribution is 14.1. The molecule has 1 amide bonds. The van der Waals surface area contributed by atoms with Gasteiger partial charge in [0.2, 0.25) is 0 Å². The largest absolute Gasteiger partial charge is 0.321 e. The zero-order valence-corrected chi connectivity index (χ0v) is 14.3. The fourth-order valence-electron chi connectivity index (χ4n) is 1.65. The highest BCUT2D eigenvalue weighted by atomic mass is 127. The fraction of sp³-hybridized carbons (Fsp3) is 0.143. The fourth-order valence-corrected chi connectivity index (χ4v) is 2.88. The number of rotatable bonds is 3. The molecule has 6 heteroatoms. The van der Waals surface area contributed by atoms with Gasteiger partial charge in [-0.3, -0.25) is 4.79 Å². The Kier molecular flexibility index (Phi) is 5.23. The monoisotopic (exact) mass is 420 g/mol. The average Bonchev–Trinajstić information content (AvgIpc) is 2.41. The summed E-state index contributed by atoms with van der Waals surface area (Å²) in [5.41, 5.74) is 1.99. The summed E-state index contributed by atoms with van der Waals surface area (Å²) in [6, 6.07) is 8.58. The molecule has 0 aliphatic carbocycles. The van der Waals surface area contributed by atoms with E-state index in [1.165, 1.54) is 0 Å². The minimum absolute atomic E-state index is 0.218. The normalized spacial score (nSPS) is 10.4. The van der Waals surface area contributed by atoms with Gasteiger partial charge in [0.1, 0.15) is 5.15 Å². The minimum Gasteiger partial charge on any atom is -0.321 e. The highest BCUT2D eigenvalue weighted by Gasteiger charge is 2.11. The summed E-state index contributed by atoms with van der Waals surface area (Å²) in [5.74, 6) is -0.218. The summed E-state index contributed by atoms with van der Waals surface area (Å²) < 4.78 is 0.874. The van der Waals surface area contributed by atoms with Crippen LogP contribution in [-0.4, -0.2) is 10.9 Å². The van der Waals surface area contributed by atoms with Crippen molar-refractivity contribution in [2.45, 2.75) is 13.3 Å². The molecule has 0 atom stereocenters. The number of anilines is 1. The minimum atomic E-state index is -0.218. The van der Waals surface area contributed by atoms with Crippen molar-refractivity contribution in [2.24, 2.45) is 0 Å². The Labute approximate surface area is 140 Å². The number of hydrogen-bond donors (Lipinski definition) is 1. The number of amides is 1. The third-order valence-corrected chi connectivity index (χ3v) is 3.97. The van der Waals surface area contributed by atoms with Gasteiger partial charge in [-0.05, 0) is 59.3 Å². The predicted molar refractivity (Wildman–Crippen MR) is 90.7 cm³/mol. The number of halogens is 3. The molecule has 0 bridgehead atoms. The van der Waals surface area contributed by atoms with E-state index >= 15 is 0 Å². The first kappa shape index (κ1) is 15.5. The zero-order valence-electron chi connectivity index (χ0n) is 10.6. The molecule has 2 aromatic rings. The van der Waals surface area contributed by atoms with Crippen LogP contribution >= 0.6 is 45.8 Å². The Morgan fingerprint density at radius 3 is 2.70 bits per heavy atom. The van der Waals surface area contributed by atoms with Gasteiger partial charge in [0.05, 0.1) is 5.69 Å². The van der Waals surface area contributed by atoms with Gasteiger partial charge in [-0.1, -0.05) is 30.1 Å². The number of benzene rings is 1. The lowest BCUT2D eigenvalue weighted by molar-refractivity contribution is 0.102. The van der Waals surface area contributed by atoms with Crippen molar-refractivity contribution in [3.8, 4) is 0 Å². The Hall–Kier alpha value is -0.850. The number of hydrogen-bond acceptors (Lipinski definition) is 2. The first-order chi connectivity index (χ1) is 9.49. The molecule has 2 rings (SSSR count). The van der Waals surface area contributed by atoms with E-state index in [4.69, 9.17) is 23.2 Å². The molecule has 3 nitrogen and oxygen atoms in total. The van der Waals surface area contributed by atoms with E-state index in [0.717, 1.165) is 15.7 Å². The molecule has 0 spiro atoms. The molecule has 104 valence electrons. The molecule has 1 aromatic carbocycles. The molecule has 0 saturated carbocycles. The van der Waals surface area contributed by atoms with Crippen LogP contribution in [-0.2, 0) is 6.42 Å². The summed E-state index contributed by atoms with van der Waals surface area (Å²) in [7, 11) is 0. The second kappa shape index (κ2) is 6.74. The van der Waals surface area contributed by atoms with E-state index in [2.05, 4.69) is 32.9 Å². The van der Waals surface area contributed by atoms with Crippen molar-refractivity contribution in [2.75, 3.05) is 5.32 Å². The van der Waals surface area contributed by atoms with Crippen molar-refractivity contribution < 1.29 is 4.79 Å². The maximum absolute atomic E-state index is 12.2. The number of aryl methyl sites for hydroxylation is 1. The van der Waals surface area contributed by atoms with Crippen LogP contribution in [0.2, 0.25) is 10.2 Å². The molecule has 20 heavy (non-hydrogen) atoms. The van der Waals surface area contributed by atoms with Crippen LogP contribution in [0.1, 0.15) is 23.0 Å². The lowest BCUT2D eigenvalue weighted by Crippen LogP contribution is -2.13. The van der Waals surface area contributed by atoms with Crippen LogP contribution in [0.3, 0.4) is 0 Å². The summed E-state index contributed by atoms with van der Waals surface area (Å²) in [5, 5.41) is 3.79. The molecule has 0 saturated heterocycles. The van der Waals surface area contributed by atoms with Gasteiger partial charge < -0.3 is 5.32 Å². The molecule has 0 fully saturated rings. The Balaban J connectivity index is 2.26. The zero-order chi connectivity index (χ0) is 14.7. The number of aromatic nitrogens is 1. The Morgan fingerprint density at radius 1 is 1.30 bits per heavy atom. The molecule has 0 aliphatic heterocycles. The first-order valence-electron chi connectivity index (χ1n) is 5.92. The molecular formula is C14H11Cl2IN2O. The van der Waals surface area contributed by atoms with Gasteiger partial charge in [-0.25, -0.2) is 4.98 Å². The molecule has 1 aromatic heterocycles. The number of carbonyl (C=O) groups is 1. The summed E-state index contributed by atoms with van der Waals surface area (Å²) in [4.78, 5) is 16.4. The lowest BCUT2D eigenvalue weighted by atomic mass is 10.2.